The molecule has 1 aromatic rings. The molecule has 1 saturated heterocycles. The van der Waals surface area contributed by atoms with Gasteiger partial charge >= 0.3 is 0 Å². The fourth-order valence-corrected chi connectivity index (χ4v) is 2.12. The maximum absolute atomic E-state index is 13.4. The van der Waals surface area contributed by atoms with Crippen LogP contribution in [0, 0.1) is 19.7 Å². The summed E-state index contributed by atoms with van der Waals surface area (Å²) in [7, 11) is 0. The summed E-state index contributed by atoms with van der Waals surface area (Å²) in [6.07, 6.45) is 0. The second-order valence-corrected chi connectivity index (χ2v) is 3.98. The zero-order chi connectivity index (χ0) is 10.8. The molecule has 0 radical (unpaired) electrons. The van der Waals surface area contributed by atoms with Gasteiger partial charge in [0.05, 0.1) is 19.3 Å². The molecule has 1 unspecified atom stereocenters. The quantitative estimate of drug-likeness (QED) is 0.764. The third kappa shape index (κ3) is 2.03. The molecule has 0 aromatic heterocycles. The molecule has 0 aliphatic carbocycles. The summed E-state index contributed by atoms with van der Waals surface area (Å²) in [5.74, 6) is -0.136. The van der Waals surface area contributed by atoms with Crippen LogP contribution in [-0.2, 0) is 4.74 Å². The van der Waals surface area contributed by atoms with Crippen LogP contribution < -0.4 is 5.32 Å². The van der Waals surface area contributed by atoms with E-state index in [9.17, 15) is 4.39 Å². The first-order chi connectivity index (χ1) is 7.20. The van der Waals surface area contributed by atoms with Crippen molar-refractivity contribution in [3.63, 3.8) is 0 Å². The number of aryl methyl sites for hydroxylation is 1. The molecular formula is C12H16FNO. The first-order valence-corrected chi connectivity index (χ1v) is 5.27. The first kappa shape index (κ1) is 10.6. The van der Waals surface area contributed by atoms with Gasteiger partial charge in [0.1, 0.15) is 5.82 Å². The van der Waals surface area contributed by atoms with E-state index in [0.29, 0.717) is 6.61 Å². The summed E-state index contributed by atoms with van der Waals surface area (Å²) in [6.45, 7) is 6.04. The van der Waals surface area contributed by atoms with Gasteiger partial charge < -0.3 is 10.1 Å². The third-order valence-electron chi connectivity index (χ3n) is 2.94. The maximum atomic E-state index is 13.4. The van der Waals surface area contributed by atoms with Gasteiger partial charge in [-0.25, -0.2) is 4.39 Å². The predicted molar refractivity (Wildman–Crippen MR) is 57.4 cm³/mol. The van der Waals surface area contributed by atoms with Gasteiger partial charge in [0.25, 0.3) is 0 Å². The van der Waals surface area contributed by atoms with Crippen molar-refractivity contribution < 1.29 is 9.13 Å². The molecule has 15 heavy (non-hydrogen) atoms. The molecule has 1 aliphatic rings. The van der Waals surface area contributed by atoms with Crippen molar-refractivity contribution in [1.29, 1.82) is 0 Å². The Balaban J connectivity index is 2.36. The van der Waals surface area contributed by atoms with Gasteiger partial charge in [-0.2, -0.15) is 0 Å². The molecule has 1 aliphatic heterocycles. The minimum absolute atomic E-state index is 0.134. The van der Waals surface area contributed by atoms with Crippen molar-refractivity contribution >= 4 is 0 Å². The predicted octanol–water partition coefficient (Wildman–Crippen LogP) is 2.10. The van der Waals surface area contributed by atoms with Crippen molar-refractivity contribution in [2.45, 2.75) is 19.9 Å². The number of halogens is 1. The number of ether oxygens (including phenoxy) is 1. The van der Waals surface area contributed by atoms with E-state index in [1.807, 2.05) is 19.9 Å². The van der Waals surface area contributed by atoms with Crippen LogP contribution in [0.5, 0.6) is 0 Å². The van der Waals surface area contributed by atoms with Crippen molar-refractivity contribution in [3.8, 4) is 0 Å². The van der Waals surface area contributed by atoms with Crippen molar-refractivity contribution in [2.24, 2.45) is 0 Å². The van der Waals surface area contributed by atoms with Crippen molar-refractivity contribution in [3.05, 3.63) is 34.6 Å². The molecule has 1 fully saturated rings. The van der Waals surface area contributed by atoms with Crippen LogP contribution in [0.3, 0.4) is 0 Å². The SMILES string of the molecule is Cc1ccc(F)c(C)c1C1COCCN1. The zero-order valence-corrected chi connectivity index (χ0v) is 9.14. The van der Waals surface area contributed by atoms with E-state index in [1.165, 1.54) is 6.07 Å². The van der Waals surface area contributed by atoms with Crippen LogP contribution in [0.4, 0.5) is 4.39 Å². The van der Waals surface area contributed by atoms with E-state index in [2.05, 4.69) is 5.32 Å². The number of hydrogen-bond donors (Lipinski definition) is 1. The average Bonchev–Trinajstić information content (AvgIpc) is 2.26. The summed E-state index contributed by atoms with van der Waals surface area (Å²) in [5.41, 5.74) is 2.91. The van der Waals surface area contributed by atoms with Crippen LogP contribution in [-0.4, -0.2) is 19.8 Å². The highest BCUT2D eigenvalue weighted by atomic mass is 19.1. The maximum Gasteiger partial charge on any atom is 0.126 e. The van der Waals surface area contributed by atoms with Gasteiger partial charge in [-0.1, -0.05) is 6.07 Å². The molecule has 1 N–H and O–H groups in total. The summed E-state index contributed by atoms with van der Waals surface area (Å²) >= 11 is 0. The summed E-state index contributed by atoms with van der Waals surface area (Å²) in [4.78, 5) is 0. The van der Waals surface area contributed by atoms with Crippen LogP contribution in [0.15, 0.2) is 12.1 Å². The molecule has 2 nitrogen and oxygen atoms in total. The Morgan fingerprint density at radius 1 is 1.40 bits per heavy atom. The van der Waals surface area contributed by atoms with E-state index in [0.717, 1.165) is 29.8 Å². The highest BCUT2D eigenvalue weighted by molar-refractivity contribution is 5.37. The van der Waals surface area contributed by atoms with Crippen LogP contribution in [0.1, 0.15) is 22.7 Å². The van der Waals surface area contributed by atoms with E-state index in [1.54, 1.807) is 0 Å². The van der Waals surface area contributed by atoms with Gasteiger partial charge in [0.2, 0.25) is 0 Å². The standard InChI is InChI=1S/C12H16FNO/c1-8-3-4-10(13)9(2)12(8)11-7-15-6-5-14-11/h3-4,11,14H,5-7H2,1-2H3. The van der Waals surface area contributed by atoms with Crippen LogP contribution in [0.2, 0.25) is 0 Å². The fraction of sp³-hybridized carbons (Fsp3) is 0.500. The minimum Gasteiger partial charge on any atom is -0.378 e. The van der Waals surface area contributed by atoms with Gasteiger partial charge in [-0.05, 0) is 36.6 Å². The molecule has 1 heterocycles. The molecule has 0 saturated carbocycles. The number of morpholine rings is 1. The highest BCUT2D eigenvalue weighted by Gasteiger charge is 2.20. The second kappa shape index (κ2) is 4.29. The summed E-state index contributed by atoms with van der Waals surface area (Å²) in [5, 5.41) is 3.35. The Morgan fingerprint density at radius 3 is 2.87 bits per heavy atom. The van der Waals surface area contributed by atoms with Gasteiger partial charge in [-0.15, -0.1) is 0 Å². The van der Waals surface area contributed by atoms with Crippen molar-refractivity contribution in [2.75, 3.05) is 19.8 Å². The van der Waals surface area contributed by atoms with Gasteiger partial charge in [0.15, 0.2) is 0 Å². The topological polar surface area (TPSA) is 21.3 Å². The number of rotatable bonds is 1. The fourth-order valence-electron chi connectivity index (χ4n) is 2.12. The molecular weight excluding hydrogens is 193 g/mol. The Bertz CT molecular complexity index is 359. The van der Waals surface area contributed by atoms with E-state index >= 15 is 0 Å². The first-order valence-electron chi connectivity index (χ1n) is 5.27. The number of nitrogens with one attached hydrogen (secondary N) is 1. The molecule has 1 aromatic carbocycles. The molecule has 0 bridgehead atoms. The van der Waals surface area contributed by atoms with Crippen LogP contribution >= 0.6 is 0 Å². The van der Waals surface area contributed by atoms with Crippen molar-refractivity contribution in [1.82, 2.24) is 5.32 Å². The lowest BCUT2D eigenvalue weighted by molar-refractivity contribution is 0.0764. The Kier molecular flexibility index (Phi) is 3.03. The number of benzene rings is 1. The van der Waals surface area contributed by atoms with E-state index in [4.69, 9.17) is 4.74 Å². The van der Waals surface area contributed by atoms with Gasteiger partial charge in [0, 0.05) is 6.54 Å². The van der Waals surface area contributed by atoms with Crippen LogP contribution in [0.25, 0.3) is 0 Å². The Labute approximate surface area is 89.4 Å². The monoisotopic (exact) mass is 209 g/mol. The lowest BCUT2D eigenvalue weighted by atomic mass is 9.95. The lowest BCUT2D eigenvalue weighted by Gasteiger charge is -2.27. The molecule has 0 spiro atoms. The molecule has 3 heteroatoms. The van der Waals surface area contributed by atoms with E-state index in [-0.39, 0.29) is 11.9 Å². The largest absolute Gasteiger partial charge is 0.378 e. The molecule has 2 rings (SSSR count). The highest BCUT2D eigenvalue weighted by Crippen LogP contribution is 2.25. The van der Waals surface area contributed by atoms with Gasteiger partial charge in [-0.3, -0.25) is 0 Å². The lowest BCUT2D eigenvalue weighted by Crippen LogP contribution is -2.35. The summed E-state index contributed by atoms with van der Waals surface area (Å²) < 4.78 is 18.8. The third-order valence-corrected chi connectivity index (χ3v) is 2.94. The smallest absolute Gasteiger partial charge is 0.126 e. The molecule has 82 valence electrons. The normalized spacial score (nSPS) is 21.7. The number of hydrogen-bond acceptors (Lipinski definition) is 2. The van der Waals surface area contributed by atoms with E-state index < -0.39 is 0 Å². The Morgan fingerprint density at radius 2 is 2.20 bits per heavy atom. The average molecular weight is 209 g/mol. The zero-order valence-electron chi connectivity index (χ0n) is 9.14. The minimum atomic E-state index is -0.136. The summed E-state index contributed by atoms with van der Waals surface area (Å²) in [6, 6.07) is 3.49. The molecule has 1 atom stereocenters. The Hall–Kier alpha value is -0.930. The second-order valence-electron chi connectivity index (χ2n) is 3.98. The molecule has 0 amide bonds.